The lowest BCUT2D eigenvalue weighted by atomic mass is 9.79. The van der Waals surface area contributed by atoms with E-state index in [-0.39, 0.29) is 12.4 Å². The van der Waals surface area contributed by atoms with Gasteiger partial charge in [0.2, 0.25) is 0 Å². The molecule has 0 amide bonds. The Balaban J connectivity index is 4.49. The first-order chi connectivity index (χ1) is 11.0. The van der Waals surface area contributed by atoms with E-state index in [9.17, 15) is 9.59 Å². The van der Waals surface area contributed by atoms with Gasteiger partial charge in [0, 0.05) is 0 Å². The fourth-order valence-corrected chi connectivity index (χ4v) is 2.72. The molecule has 0 rings (SSSR count). The average molecular weight is 324 g/mol. The van der Waals surface area contributed by atoms with Crippen LogP contribution in [0.3, 0.4) is 0 Å². The molecule has 0 saturated carbocycles. The van der Waals surface area contributed by atoms with Gasteiger partial charge in [-0.1, -0.05) is 71.6 Å². The SMILES string of the molecule is [B]C(OC=O)OC(=O)C(C)(CCCCCC)CCCCCCC. The van der Waals surface area contributed by atoms with Gasteiger partial charge in [-0.2, -0.15) is 0 Å². The summed E-state index contributed by atoms with van der Waals surface area (Å²) in [6.45, 7) is 6.48. The van der Waals surface area contributed by atoms with Crippen molar-refractivity contribution in [2.45, 2.75) is 97.6 Å². The highest BCUT2D eigenvalue weighted by molar-refractivity contribution is 6.11. The highest BCUT2D eigenvalue weighted by Gasteiger charge is 2.34. The Kier molecular flexibility index (Phi) is 12.9. The fourth-order valence-electron chi connectivity index (χ4n) is 2.72. The molecule has 0 aliphatic heterocycles. The highest BCUT2D eigenvalue weighted by Crippen LogP contribution is 2.33. The van der Waals surface area contributed by atoms with Crippen molar-refractivity contribution in [2.24, 2.45) is 5.41 Å². The van der Waals surface area contributed by atoms with E-state index in [1.807, 2.05) is 6.92 Å². The van der Waals surface area contributed by atoms with E-state index in [0.29, 0.717) is 0 Å². The molecule has 5 heteroatoms. The largest absolute Gasteiger partial charge is 0.438 e. The second kappa shape index (κ2) is 13.4. The Morgan fingerprint density at radius 2 is 1.48 bits per heavy atom. The van der Waals surface area contributed by atoms with Crippen LogP contribution in [-0.4, -0.2) is 26.5 Å². The summed E-state index contributed by atoms with van der Waals surface area (Å²) < 4.78 is 9.54. The molecule has 0 heterocycles. The van der Waals surface area contributed by atoms with Crippen molar-refractivity contribution in [1.82, 2.24) is 0 Å². The molecule has 0 spiro atoms. The van der Waals surface area contributed by atoms with Gasteiger partial charge in [-0.15, -0.1) is 0 Å². The van der Waals surface area contributed by atoms with Gasteiger partial charge in [-0.05, 0) is 19.8 Å². The molecule has 23 heavy (non-hydrogen) atoms. The molecule has 0 aliphatic carbocycles. The van der Waals surface area contributed by atoms with Crippen LogP contribution in [0.1, 0.15) is 91.4 Å². The second-order valence-corrected chi connectivity index (χ2v) is 6.54. The summed E-state index contributed by atoms with van der Waals surface area (Å²) in [4.78, 5) is 22.7. The summed E-state index contributed by atoms with van der Waals surface area (Å²) in [7, 11) is 5.46. The van der Waals surface area contributed by atoms with Gasteiger partial charge in [0.1, 0.15) is 0 Å². The maximum Gasteiger partial charge on any atom is 0.314 e. The van der Waals surface area contributed by atoms with E-state index >= 15 is 0 Å². The highest BCUT2D eigenvalue weighted by atomic mass is 16.7. The minimum Gasteiger partial charge on any atom is -0.438 e. The van der Waals surface area contributed by atoms with Gasteiger partial charge in [-0.3, -0.25) is 9.59 Å². The van der Waals surface area contributed by atoms with Crippen molar-refractivity contribution < 1.29 is 19.1 Å². The van der Waals surface area contributed by atoms with Gasteiger partial charge >= 0.3 is 5.97 Å². The zero-order chi connectivity index (χ0) is 17.6. The van der Waals surface area contributed by atoms with E-state index in [1.54, 1.807) is 0 Å². The van der Waals surface area contributed by atoms with Gasteiger partial charge in [0.15, 0.2) is 14.0 Å². The maximum absolute atomic E-state index is 12.4. The van der Waals surface area contributed by atoms with Crippen molar-refractivity contribution in [3.63, 3.8) is 0 Å². The molecular weight excluding hydrogens is 291 g/mol. The number of ether oxygens (including phenoxy) is 2. The standard InChI is InChI=1S/C18H33BO4/c1-4-6-8-10-12-14-18(3,13-11-9-7-5-2)16(21)23-17(19)22-15-20/h15,17H,4-14H2,1-3H3. The summed E-state index contributed by atoms with van der Waals surface area (Å²) in [5, 5.41) is 0. The number of rotatable bonds is 15. The first-order valence-corrected chi connectivity index (χ1v) is 9.06. The van der Waals surface area contributed by atoms with E-state index in [0.717, 1.165) is 44.9 Å². The van der Waals surface area contributed by atoms with Crippen LogP contribution in [0, 0.1) is 5.41 Å². The minimum atomic E-state index is -1.31. The molecule has 0 aromatic carbocycles. The van der Waals surface area contributed by atoms with Crippen LogP contribution in [-0.2, 0) is 19.1 Å². The Labute approximate surface area is 143 Å². The number of carbonyl (C=O) groups excluding carboxylic acids is 2. The summed E-state index contributed by atoms with van der Waals surface area (Å²) >= 11 is 0. The summed E-state index contributed by atoms with van der Waals surface area (Å²) in [5.74, 6) is -0.362. The number of hydrogen-bond acceptors (Lipinski definition) is 4. The minimum absolute atomic E-state index is 0.196. The third kappa shape index (κ3) is 10.4. The number of unbranched alkanes of at least 4 members (excludes halogenated alkanes) is 7. The maximum atomic E-state index is 12.4. The molecular formula is C18H33BO4. The topological polar surface area (TPSA) is 52.6 Å². The average Bonchev–Trinajstić information content (AvgIpc) is 2.51. The van der Waals surface area contributed by atoms with Crippen LogP contribution in [0.4, 0.5) is 0 Å². The lowest BCUT2D eigenvalue weighted by Gasteiger charge is -2.29. The Bertz CT molecular complexity index is 322. The molecule has 0 N–H and O–H groups in total. The predicted molar refractivity (Wildman–Crippen MR) is 93.0 cm³/mol. The lowest BCUT2D eigenvalue weighted by Crippen LogP contribution is -2.34. The van der Waals surface area contributed by atoms with Gasteiger partial charge in [0.25, 0.3) is 6.47 Å². The van der Waals surface area contributed by atoms with Crippen LogP contribution in [0.25, 0.3) is 0 Å². The normalized spacial score (nSPS) is 14.7. The third-order valence-corrected chi connectivity index (χ3v) is 4.32. The van der Waals surface area contributed by atoms with Crippen LogP contribution in [0.5, 0.6) is 0 Å². The molecule has 0 aromatic heterocycles. The van der Waals surface area contributed by atoms with Crippen molar-refractivity contribution in [1.29, 1.82) is 0 Å². The number of esters is 1. The van der Waals surface area contributed by atoms with Gasteiger partial charge in [0.05, 0.1) is 5.41 Å². The molecule has 2 radical (unpaired) electrons. The Morgan fingerprint density at radius 1 is 1.00 bits per heavy atom. The van der Waals surface area contributed by atoms with Crippen LogP contribution in [0.15, 0.2) is 0 Å². The monoisotopic (exact) mass is 324 g/mol. The van der Waals surface area contributed by atoms with Crippen LogP contribution < -0.4 is 0 Å². The molecule has 0 fully saturated rings. The molecule has 0 bridgehead atoms. The zero-order valence-electron chi connectivity index (χ0n) is 15.1. The number of carbonyl (C=O) groups is 2. The third-order valence-electron chi connectivity index (χ3n) is 4.32. The summed E-state index contributed by atoms with van der Waals surface area (Å²) in [5.41, 5.74) is -0.552. The van der Waals surface area contributed by atoms with Gasteiger partial charge < -0.3 is 9.47 Å². The first kappa shape index (κ1) is 22.0. The predicted octanol–water partition coefficient (Wildman–Crippen LogP) is 4.49. The smallest absolute Gasteiger partial charge is 0.314 e. The molecule has 2 unspecified atom stereocenters. The molecule has 0 aromatic rings. The van der Waals surface area contributed by atoms with Crippen LogP contribution in [0.2, 0.25) is 0 Å². The quantitative estimate of drug-likeness (QED) is 0.146. The molecule has 0 saturated heterocycles. The van der Waals surface area contributed by atoms with Crippen LogP contribution >= 0.6 is 0 Å². The first-order valence-electron chi connectivity index (χ1n) is 9.06. The van der Waals surface area contributed by atoms with Crippen molar-refractivity contribution >= 4 is 20.3 Å². The van der Waals surface area contributed by atoms with E-state index in [1.165, 1.54) is 25.7 Å². The fraction of sp³-hybridized carbons (Fsp3) is 0.889. The number of hydrogen-bond donors (Lipinski definition) is 0. The molecule has 2 atom stereocenters. The van der Waals surface area contributed by atoms with E-state index < -0.39 is 11.6 Å². The van der Waals surface area contributed by atoms with E-state index in [2.05, 4.69) is 18.6 Å². The lowest BCUT2D eigenvalue weighted by molar-refractivity contribution is -0.176. The zero-order valence-corrected chi connectivity index (χ0v) is 15.1. The van der Waals surface area contributed by atoms with Crippen molar-refractivity contribution in [3.8, 4) is 0 Å². The second-order valence-electron chi connectivity index (χ2n) is 6.54. The van der Waals surface area contributed by atoms with Crippen molar-refractivity contribution in [3.05, 3.63) is 0 Å². The molecule has 4 nitrogen and oxygen atoms in total. The molecule has 132 valence electrons. The summed E-state index contributed by atoms with van der Waals surface area (Å²) in [6.07, 6.45) is 10.5. The summed E-state index contributed by atoms with van der Waals surface area (Å²) in [6, 6.07) is 0. The van der Waals surface area contributed by atoms with Gasteiger partial charge in [-0.25, -0.2) is 0 Å². The molecule has 0 aliphatic rings. The Morgan fingerprint density at radius 3 is 1.96 bits per heavy atom. The van der Waals surface area contributed by atoms with E-state index in [4.69, 9.17) is 12.6 Å². The van der Waals surface area contributed by atoms with Crippen molar-refractivity contribution in [2.75, 3.05) is 0 Å². The Hall–Kier alpha value is -0.995.